The minimum atomic E-state index is 0.521. The fourth-order valence-electron chi connectivity index (χ4n) is 2.04. The number of aromatic nitrogens is 1. The molecule has 1 heterocycles. The molecule has 1 saturated carbocycles. The van der Waals surface area contributed by atoms with Crippen molar-refractivity contribution in [1.82, 2.24) is 4.98 Å². The summed E-state index contributed by atoms with van der Waals surface area (Å²) in [4.78, 5) is 5.08. The molecule has 1 N–H and O–H groups in total. The van der Waals surface area contributed by atoms with Crippen LogP contribution in [0.5, 0.6) is 0 Å². The molecule has 1 aliphatic carbocycles. The average Bonchev–Trinajstić information content (AvgIpc) is 2.60. The van der Waals surface area contributed by atoms with E-state index in [1.54, 1.807) is 0 Å². The summed E-state index contributed by atoms with van der Waals surface area (Å²) < 4.78 is 0. The highest BCUT2D eigenvalue weighted by Gasteiger charge is 2.16. The van der Waals surface area contributed by atoms with Gasteiger partial charge in [-0.1, -0.05) is 19.3 Å². The standard InChI is InChI=1S/C11H15N3S/c1-8-13-11(10(7-12)15-8)14-9-5-3-2-4-6-9/h9,14H,2-6H2,1H3. The number of rotatable bonds is 2. The molecule has 0 saturated heterocycles. The molecule has 2 rings (SSSR count). The van der Waals surface area contributed by atoms with E-state index < -0.39 is 0 Å². The second-order valence-corrected chi connectivity index (χ2v) is 5.20. The summed E-state index contributed by atoms with van der Waals surface area (Å²) in [5.41, 5.74) is 0. The van der Waals surface area contributed by atoms with E-state index in [9.17, 15) is 0 Å². The molecule has 0 aromatic carbocycles. The van der Waals surface area contributed by atoms with E-state index in [1.165, 1.54) is 43.4 Å². The molecule has 0 aliphatic heterocycles. The first-order valence-electron chi connectivity index (χ1n) is 5.43. The van der Waals surface area contributed by atoms with Gasteiger partial charge in [-0.05, 0) is 19.8 Å². The van der Waals surface area contributed by atoms with Crippen LogP contribution in [-0.2, 0) is 0 Å². The van der Waals surface area contributed by atoms with Crippen LogP contribution in [0.15, 0.2) is 0 Å². The maximum absolute atomic E-state index is 8.94. The molecule has 0 unspecified atom stereocenters. The lowest BCUT2D eigenvalue weighted by molar-refractivity contribution is 0.462. The van der Waals surface area contributed by atoms with Gasteiger partial charge in [-0.15, -0.1) is 11.3 Å². The topological polar surface area (TPSA) is 48.7 Å². The molecule has 0 radical (unpaired) electrons. The van der Waals surface area contributed by atoms with E-state index >= 15 is 0 Å². The van der Waals surface area contributed by atoms with Crippen LogP contribution >= 0.6 is 11.3 Å². The largest absolute Gasteiger partial charge is 0.366 e. The highest BCUT2D eigenvalue weighted by molar-refractivity contribution is 7.12. The van der Waals surface area contributed by atoms with Gasteiger partial charge in [-0.3, -0.25) is 0 Å². The Morgan fingerprint density at radius 2 is 2.13 bits per heavy atom. The minimum absolute atomic E-state index is 0.521. The van der Waals surface area contributed by atoms with Crippen LogP contribution in [0.1, 0.15) is 42.0 Å². The van der Waals surface area contributed by atoms with Gasteiger partial charge in [0, 0.05) is 6.04 Å². The first-order chi connectivity index (χ1) is 7.29. The van der Waals surface area contributed by atoms with E-state index in [-0.39, 0.29) is 0 Å². The molecular formula is C11H15N3S. The smallest absolute Gasteiger partial charge is 0.155 e. The van der Waals surface area contributed by atoms with Crippen molar-refractivity contribution in [2.45, 2.75) is 45.1 Å². The molecule has 1 aromatic heterocycles. The van der Waals surface area contributed by atoms with Gasteiger partial charge in [-0.2, -0.15) is 5.26 Å². The van der Waals surface area contributed by atoms with Gasteiger partial charge in [-0.25, -0.2) is 4.98 Å². The number of nitrogens with zero attached hydrogens (tertiary/aromatic N) is 2. The third kappa shape index (κ3) is 2.48. The number of hydrogen-bond donors (Lipinski definition) is 1. The average molecular weight is 221 g/mol. The zero-order valence-electron chi connectivity index (χ0n) is 8.92. The number of anilines is 1. The van der Waals surface area contributed by atoms with Crippen molar-refractivity contribution >= 4 is 17.2 Å². The van der Waals surface area contributed by atoms with Crippen molar-refractivity contribution in [2.75, 3.05) is 5.32 Å². The molecule has 1 aliphatic rings. The Balaban J connectivity index is 2.06. The van der Waals surface area contributed by atoms with Crippen molar-refractivity contribution in [3.05, 3.63) is 9.88 Å². The second-order valence-electron chi connectivity index (χ2n) is 4.00. The van der Waals surface area contributed by atoms with Crippen LogP contribution in [-0.4, -0.2) is 11.0 Å². The van der Waals surface area contributed by atoms with Gasteiger partial charge in [0.05, 0.1) is 5.01 Å². The van der Waals surface area contributed by atoms with Crippen molar-refractivity contribution in [2.24, 2.45) is 0 Å². The summed E-state index contributed by atoms with van der Waals surface area (Å²) in [5, 5.41) is 13.3. The number of hydrogen-bond acceptors (Lipinski definition) is 4. The molecule has 0 spiro atoms. The Labute approximate surface area is 94.1 Å². The highest BCUT2D eigenvalue weighted by Crippen LogP contribution is 2.26. The Bertz CT molecular complexity index is 372. The van der Waals surface area contributed by atoms with Crippen LogP contribution in [0.2, 0.25) is 0 Å². The summed E-state index contributed by atoms with van der Waals surface area (Å²) in [5.74, 6) is 0.798. The van der Waals surface area contributed by atoms with E-state index in [2.05, 4.69) is 16.4 Å². The second kappa shape index (κ2) is 4.63. The lowest BCUT2D eigenvalue weighted by Crippen LogP contribution is -2.22. The normalized spacial score (nSPS) is 17.3. The minimum Gasteiger partial charge on any atom is -0.366 e. The third-order valence-corrected chi connectivity index (χ3v) is 3.66. The number of thiazole rings is 1. The molecular weight excluding hydrogens is 206 g/mol. The maximum Gasteiger partial charge on any atom is 0.155 e. The first kappa shape index (κ1) is 10.4. The quantitative estimate of drug-likeness (QED) is 0.835. The molecule has 4 heteroatoms. The van der Waals surface area contributed by atoms with Crippen molar-refractivity contribution in [1.29, 1.82) is 5.26 Å². The van der Waals surface area contributed by atoms with Crippen LogP contribution in [0.3, 0.4) is 0 Å². The van der Waals surface area contributed by atoms with Crippen LogP contribution in [0.25, 0.3) is 0 Å². The predicted octanol–water partition coefficient (Wildman–Crippen LogP) is 3.07. The van der Waals surface area contributed by atoms with Crippen LogP contribution in [0.4, 0.5) is 5.82 Å². The van der Waals surface area contributed by atoms with Gasteiger partial charge in [0.1, 0.15) is 10.9 Å². The van der Waals surface area contributed by atoms with E-state index in [1.807, 2.05) is 6.92 Å². The van der Waals surface area contributed by atoms with Gasteiger partial charge in [0.15, 0.2) is 5.82 Å². The lowest BCUT2D eigenvalue weighted by Gasteiger charge is -2.22. The molecule has 0 atom stereocenters. The van der Waals surface area contributed by atoms with Gasteiger partial charge in [0.25, 0.3) is 0 Å². The number of nitrogens with one attached hydrogen (secondary N) is 1. The fraction of sp³-hybridized carbons (Fsp3) is 0.636. The number of nitriles is 1. The van der Waals surface area contributed by atoms with E-state index in [4.69, 9.17) is 5.26 Å². The summed E-state index contributed by atoms with van der Waals surface area (Å²) in [6.07, 6.45) is 6.35. The van der Waals surface area contributed by atoms with Crippen molar-refractivity contribution < 1.29 is 0 Å². The first-order valence-corrected chi connectivity index (χ1v) is 6.25. The third-order valence-electron chi connectivity index (χ3n) is 2.78. The molecule has 1 aromatic rings. The molecule has 0 bridgehead atoms. The molecule has 3 nitrogen and oxygen atoms in total. The van der Waals surface area contributed by atoms with Gasteiger partial charge in [0.2, 0.25) is 0 Å². The van der Waals surface area contributed by atoms with Crippen LogP contribution in [0, 0.1) is 18.3 Å². The zero-order chi connectivity index (χ0) is 10.7. The zero-order valence-corrected chi connectivity index (χ0v) is 9.73. The molecule has 0 amide bonds. The summed E-state index contributed by atoms with van der Waals surface area (Å²) in [7, 11) is 0. The van der Waals surface area contributed by atoms with Gasteiger partial charge >= 0.3 is 0 Å². The summed E-state index contributed by atoms with van der Waals surface area (Å²) in [6, 6.07) is 2.72. The fourth-order valence-corrected chi connectivity index (χ4v) is 2.72. The molecule has 1 fully saturated rings. The van der Waals surface area contributed by atoms with E-state index in [0.717, 1.165) is 15.7 Å². The molecule has 15 heavy (non-hydrogen) atoms. The van der Waals surface area contributed by atoms with Crippen LogP contribution < -0.4 is 5.32 Å². The maximum atomic E-state index is 8.94. The van der Waals surface area contributed by atoms with Gasteiger partial charge < -0.3 is 5.32 Å². The Hall–Kier alpha value is -1.08. The summed E-state index contributed by atoms with van der Waals surface area (Å²) >= 11 is 1.47. The number of aryl methyl sites for hydroxylation is 1. The van der Waals surface area contributed by atoms with Crippen molar-refractivity contribution in [3.8, 4) is 6.07 Å². The van der Waals surface area contributed by atoms with Crippen molar-refractivity contribution in [3.63, 3.8) is 0 Å². The SMILES string of the molecule is Cc1nc(NC2CCCCC2)c(C#N)s1. The highest BCUT2D eigenvalue weighted by atomic mass is 32.1. The monoisotopic (exact) mass is 221 g/mol. The summed E-state index contributed by atoms with van der Waals surface area (Å²) in [6.45, 7) is 1.94. The molecule has 80 valence electrons. The Morgan fingerprint density at radius 1 is 1.40 bits per heavy atom. The lowest BCUT2D eigenvalue weighted by atomic mass is 9.95. The Kier molecular flexibility index (Phi) is 3.22. The van der Waals surface area contributed by atoms with E-state index in [0.29, 0.717) is 6.04 Å². The Morgan fingerprint density at radius 3 is 2.80 bits per heavy atom. The predicted molar refractivity (Wildman–Crippen MR) is 62.1 cm³/mol.